The van der Waals surface area contributed by atoms with Crippen molar-refractivity contribution in [2.45, 2.75) is 0 Å². The fraction of sp³-hybridized carbons (Fsp3) is 0.167. The largest absolute Gasteiger partial charge is 0.493 e. The van der Waals surface area contributed by atoms with Crippen LogP contribution in [0.25, 0.3) is 22.1 Å². The molecule has 23 heavy (non-hydrogen) atoms. The molecule has 1 heterocycles. The van der Waals surface area contributed by atoms with Crippen molar-refractivity contribution in [2.75, 3.05) is 21.3 Å². The van der Waals surface area contributed by atoms with Gasteiger partial charge in [0.15, 0.2) is 16.9 Å². The van der Waals surface area contributed by atoms with Crippen molar-refractivity contribution in [1.82, 2.24) is 0 Å². The second-order valence-corrected chi connectivity index (χ2v) is 4.85. The van der Waals surface area contributed by atoms with Crippen LogP contribution in [0.5, 0.6) is 17.2 Å². The quantitative estimate of drug-likeness (QED) is 0.738. The summed E-state index contributed by atoms with van der Waals surface area (Å²) in [6.07, 6.45) is 1.39. The van der Waals surface area contributed by atoms with Gasteiger partial charge in [-0.1, -0.05) is 12.1 Å². The van der Waals surface area contributed by atoms with E-state index in [1.54, 1.807) is 33.5 Å². The van der Waals surface area contributed by atoms with Gasteiger partial charge in [0, 0.05) is 17.2 Å². The van der Waals surface area contributed by atoms with Crippen LogP contribution in [0.1, 0.15) is 0 Å². The minimum Gasteiger partial charge on any atom is -0.493 e. The van der Waals surface area contributed by atoms with Crippen LogP contribution < -0.4 is 19.6 Å². The average molecular weight is 312 g/mol. The molecule has 0 N–H and O–H groups in total. The summed E-state index contributed by atoms with van der Waals surface area (Å²) in [6.45, 7) is 0. The molecule has 0 unspecified atom stereocenters. The molecular weight excluding hydrogens is 296 g/mol. The van der Waals surface area contributed by atoms with E-state index in [-0.39, 0.29) is 5.43 Å². The maximum Gasteiger partial charge on any atom is 0.203 e. The summed E-state index contributed by atoms with van der Waals surface area (Å²) >= 11 is 0. The van der Waals surface area contributed by atoms with E-state index in [9.17, 15) is 4.79 Å². The van der Waals surface area contributed by atoms with Crippen LogP contribution in [0.15, 0.2) is 51.9 Å². The van der Waals surface area contributed by atoms with Crippen LogP contribution in [-0.2, 0) is 0 Å². The first kappa shape index (κ1) is 15.0. The van der Waals surface area contributed by atoms with Gasteiger partial charge in [0.25, 0.3) is 0 Å². The van der Waals surface area contributed by atoms with Crippen molar-refractivity contribution < 1.29 is 18.6 Å². The summed E-state index contributed by atoms with van der Waals surface area (Å²) in [5, 5.41) is 0.500. The molecule has 2 aromatic carbocycles. The van der Waals surface area contributed by atoms with Crippen LogP contribution >= 0.6 is 0 Å². The molecule has 1 aromatic heterocycles. The number of hydrogen-bond acceptors (Lipinski definition) is 5. The maximum atomic E-state index is 12.3. The van der Waals surface area contributed by atoms with E-state index < -0.39 is 0 Å². The van der Waals surface area contributed by atoms with E-state index in [2.05, 4.69) is 0 Å². The summed E-state index contributed by atoms with van der Waals surface area (Å²) in [7, 11) is 4.65. The summed E-state index contributed by atoms with van der Waals surface area (Å²) in [4.78, 5) is 12.3. The Hall–Kier alpha value is -2.95. The van der Waals surface area contributed by atoms with Crippen molar-refractivity contribution in [2.24, 2.45) is 0 Å². The van der Waals surface area contributed by atoms with Gasteiger partial charge in [-0.2, -0.15) is 0 Å². The van der Waals surface area contributed by atoms with Gasteiger partial charge in [0.05, 0.1) is 33.0 Å². The molecular formula is C18H16O5. The van der Waals surface area contributed by atoms with Crippen LogP contribution in [-0.4, -0.2) is 21.3 Å². The van der Waals surface area contributed by atoms with Gasteiger partial charge >= 0.3 is 0 Å². The van der Waals surface area contributed by atoms with Crippen molar-refractivity contribution in [3.63, 3.8) is 0 Å². The molecule has 5 heteroatoms. The lowest BCUT2D eigenvalue weighted by atomic mass is 9.99. The highest BCUT2D eigenvalue weighted by atomic mass is 16.5. The molecule has 3 rings (SSSR count). The van der Waals surface area contributed by atoms with Crippen LogP contribution in [0.3, 0.4) is 0 Å². The first-order chi connectivity index (χ1) is 11.2. The Morgan fingerprint density at radius 1 is 0.826 bits per heavy atom. The Balaban J connectivity index is 2.38. The Labute approximate surface area is 133 Å². The third-order valence-electron chi connectivity index (χ3n) is 3.68. The van der Waals surface area contributed by atoms with E-state index in [0.29, 0.717) is 28.2 Å². The minimum atomic E-state index is -0.112. The molecule has 3 aromatic rings. The van der Waals surface area contributed by atoms with Gasteiger partial charge < -0.3 is 18.6 Å². The van der Waals surface area contributed by atoms with Gasteiger partial charge in [-0.05, 0) is 18.2 Å². The van der Waals surface area contributed by atoms with Gasteiger partial charge in [-0.3, -0.25) is 4.79 Å². The van der Waals surface area contributed by atoms with Gasteiger partial charge in [0.2, 0.25) is 5.75 Å². The summed E-state index contributed by atoms with van der Waals surface area (Å²) in [6, 6.07) is 10.5. The average Bonchev–Trinajstić information content (AvgIpc) is 2.60. The summed E-state index contributed by atoms with van der Waals surface area (Å²) in [5.41, 5.74) is 1.86. The fourth-order valence-corrected chi connectivity index (χ4v) is 2.67. The van der Waals surface area contributed by atoms with Crippen LogP contribution in [0.4, 0.5) is 0 Å². The van der Waals surface area contributed by atoms with E-state index in [0.717, 1.165) is 11.1 Å². The number of fused-ring (bicyclic) bond motifs is 1. The van der Waals surface area contributed by atoms with Crippen molar-refractivity contribution in [1.29, 1.82) is 0 Å². The standard InChI is InChI=1S/C18H16O5/c1-20-15-8-7-12(17(21-2)18(15)22-3)11-5-4-6-14-16(11)13(19)9-10-23-14/h4-10H,1-3H3. The lowest BCUT2D eigenvalue weighted by Crippen LogP contribution is -2.02. The highest BCUT2D eigenvalue weighted by Gasteiger charge is 2.19. The Morgan fingerprint density at radius 3 is 2.30 bits per heavy atom. The molecule has 118 valence electrons. The Morgan fingerprint density at radius 2 is 1.61 bits per heavy atom. The lowest BCUT2D eigenvalue weighted by molar-refractivity contribution is 0.325. The number of methoxy groups -OCH3 is 3. The number of rotatable bonds is 4. The molecule has 0 radical (unpaired) electrons. The van der Waals surface area contributed by atoms with Crippen LogP contribution in [0, 0.1) is 0 Å². The lowest BCUT2D eigenvalue weighted by Gasteiger charge is -2.16. The third kappa shape index (κ3) is 2.40. The van der Waals surface area contributed by atoms with Gasteiger partial charge in [-0.15, -0.1) is 0 Å². The van der Waals surface area contributed by atoms with Crippen molar-refractivity contribution >= 4 is 11.0 Å². The second-order valence-electron chi connectivity index (χ2n) is 4.85. The van der Waals surface area contributed by atoms with Crippen molar-refractivity contribution in [3.8, 4) is 28.4 Å². The topological polar surface area (TPSA) is 57.9 Å². The molecule has 0 atom stereocenters. The number of benzene rings is 2. The fourth-order valence-electron chi connectivity index (χ4n) is 2.67. The van der Waals surface area contributed by atoms with E-state index >= 15 is 0 Å². The molecule has 0 saturated carbocycles. The van der Waals surface area contributed by atoms with Crippen LogP contribution in [0.2, 0.25) is 0 Å². The van der Waals surface area contributed by atoms with E-state index in [1.165, 1.54) is 12.3 Å². The zero-order chi connectivity index (χ0) is 16.4. The SMILES string of the molecule is COc1ccc(-c2cccc3occc(=O)c23)c(OC)c1OC. The maximum absolute atomic E-state index is 12.3. The summed E-state index contributed by atoms with van der Waals surface area (Å²) < 4.78 is 21.7. The highest BCUT2D eigenvalue weighted by Crippen LogP contribution is 2.45. The number of ether oxygens (including phenoxy) is 3. The first-order valence-electron chi connectivity index (χ1n) is 7.01. The normalized spacial score (nSPS) is 10.6. The predicted octanol–water partition coefficient (Wildman–Crippen LogP) is 3.49. The summed E-state index contributed by atoms with van der Waals surface area (Å²) in [5.74, 6) is 1.53. The zero-order valence-electron chi connectivity index (χ0n) is 13.1. The molecule has 0 aliphatic rings. The molecule has 0 amide bonds. The smallest absolute Gasteiger partial charge is 0.203 e. The molecule has 0 fully saturated rings. The molecule has 0 aliphatic carbocycles. The third-order valence-corrected chi connectivity index (χ3v) is 3.68. The highest BCUT2D eigenvalue weighted by molar-refractivity contribution is 5.96. The van der Waals surface area contributed by atoms with Gasteiger partial charge in [-0.25, -0.2) is 0 Å². The molecule has 0 spiro atoms. The van der Waals surface area contributed by atoms with E-state index in [4.69, 9.17) is 18.6 Å². The number of hydrogen-bond donors (Lipinski definition) is 0. The van der Waals surface area contributed by atoms with E-state index in [1.807, 2.05) is 18.2 Å². The molecule has 0 bridgehead atoms. The minimum absolute atomic E-state index is 0.112. The van der Waals surface area contributed by atoms with Gasteiger partial charge in [0.1, 0.15) is 5.58 Å². The molecule has 0 aliphatic heterocycles. The monoisotopic (exact) mass is 312 g/mol. The first-order valence-corrected chi connectivity index (χ1v) is 7.01. The van der Waals surface area contributed by atoms with Crippen molar-refractivity contribution in [3.05, 3.63) is 52.9 Å². The Bertz CT molecular complexity index is 906. The Kier molecular flexibility index (Phi) is 3.93. The second kappa shape index (κ2) is 6.04. The molecule has 0 saturated heterocycles. The predicted molar refractivity (Wildman–Crippen MR) is 87.6 cm³/mol. The molecule has 5 nitrogen and oxygen atoms in total. The zero-order valence-corrected chi connectivity index (χ0v) is 13.1.